The summed E-state index contributed by atoms with van der Waals surface area (Å²) >= 11 is 1.89. The van der Waals surface area contributed by atoms with Crippen molar-refractivity contribution < 1.29 is 0 Å². The molecule has 3 heterocycles. The van der Waals surface area contributed by atoms with Crippen LogP contribution in [0, 0.1) is 0 Å². The molecule has 0 radical (unpaired) electrons. The molecule has 266 valence electrons. The topological polar surface area (TPSA) is 9.86 Å². The fourth-order valence-electron chi connectivity index (χ4n) is 9.06. The maximum atomic E-state index is 2.46. The summed E-state index contributed by atoms with van der Waals surface area (Å²) in [4.78, 5) is 0. The summed E-state index contributed by atoms with van der Waals surface area (Å²) < 4.78 is 7.54. The number of nitrogens with zero attached hydrogens (tertiary/aromatic N) is 2. The first-order chi connectivity index (χ1) is 28.3. The van der Waals surface area contributed by atoms with Gasteiger partial charge in [0.25, 0.3) is 0 Å². The highest BCUT2D eigenvalue weighted by atomic mass is 32.1. The minimum atomic E-state index is 1.15. The normalized spacial score (nSPS) is 11.9. The average Bonchev–Trinajstić information content (AvgIpc) is 3.95. The maximum absolute atomic E-state index is 2.46. The van der Waals surface area contributed by atoms with Gasteiger partial charge in [0, 0.05) is 48.4 Å². The van der Waals surface area contributed by atoms with Crippen LogP contribution in [0.5, 0.6) is 0 Å². The first-order valence-electron chi connectivity index (χ1n) is 19.5. The lowest BCUT2D eigenvalue weighted by Crippen LogP contribution is -1.96. The first kappa shape index (κ1) is 32.1. The van der Waals surface area contributed by atoms with Crippen LogP contribution in [0.1, 0.15) is 0 Å². The number of fused-ring (bicyclic) bond motifs is 10. The predicted octanol–water partition coefficient (Wildman–Crippen LogP) is 15.2. The van der Waals surface area contributed by atoms with E-state index in [0.717, 1.165) is 5.69 Å². The SMILES string of the molecule is c1ccc(-c2cc(-c3ccc(-c4ccc(-n5c6ccccc6c6ccc7c8ccccc8sc7c65)cc4)cc3)cc(-n3c4ccccc4c4ccccc43)c2)cc1. The van der Waals surface area contributed by atoms with Gasteiger partial charge in [-0.25, -0.2) is 0 Å². The Bertz CT molecular complexity index is 3440. The van der Waals surface area contributed by atoms with E-state index in [1.165, 1.54) is 103 Å². The Kier molecular flexibility index (Phi) is 7.13. The number of aromatic nitrogens is 2. The summed E-state index contributed by atoms with van der Waals surface area (Å²) in [5, 5.41) is 7.75. The fraction of sp³-hybridized carbons (Fsp3) is 0. The van der Waals surface area contributed by atoms with Gasteiger partial charge >= 0.3 is 0 Å². The van der Waals surface area contributed by atoms with Crippen LogP contribution in [0.2, 0.25) is 0 Å². The zero-order valence-electron chi connectivity index (χ0n) is 30.9. The average molecular weight is 743 g/mol. The van der Waals surface area contributed by atoms with Gasteiger partial charge in [0.05, 0.1) is 26.8 Å². The zero-order chi connectivity index (χ0) is 37.5. The molecule has 0 unspecified atom stereocenters. The Labute approximate surface area is 333 Å². The van der Waals surface area contributed by atoms with Crippen LogP contribution in [-0.4, -0.2) is 9.13 Å². The van der Waals surface area contributed by atoms with Gasteiger partial charge in [0.1, 0.15) is 0 Å². The Morgan fingerprint density at radius 1 is 0.281 bits per heavy atom. The fourth-order valence-corrected chi connectivity index (χ4v) is 10.3. The lowest BCUT2D eigenvalue weighted by atomic mass is 9.96. The number of para-hydroxylation sites is 3. The second-order valence-corrected chi connectivity index (χ2v) is 16.0. The molecule has 0 saturated heterocycles. The molecular formula is C54H34N2S. The van der Waals surface area contributed by atoms with E-state index in [9.17, 15) is 0 Å². The molecule has 0 saturated carbocycles. The number of thiophene rings is 1. The third-order valence-corrected chi connectivity index (χ3v) is 12.9. The van der Waals surface area contributed by atoms with Crippen molar-refractivity contribution in [3.8, 4) is 44.8 Å². The zero-order valence-corrected chi connectivity index (χ0v) is 31.7. The van der Waals surface area contributed by atoms with Crippen molar-refractivity contribution >= 4 is 75.1 Å². The first-order valence-corrected chi connectivity index (χ1v) is 20.3. The molecule has 3 aromatic heterocycles. The van der Waals surface area contributed by atoms with Crippen LogP contribution in [0.4, 0.5) is 0 Å². The molecule has 3 heteroatoms. The molecule has 57 heavy (non-hydrogen) atoms. The summed E-state index contributed by atoms with van der Waals surface area (Å²) in [6.07, 6.45) is 0. The van der Waals surface area contributed by atoms with Crippen molar-refractivity contribution in [3.05, 3.63) is 206 Å². The van der Waals surface area contributed by atoms with Gasteiger partial charge in [-0.3, -0.25) is 0 Å². The molecule has 0 aliphatic rings. The highest BCUT2D eigenvalue weighted by molar-refractivity contribution is 7.26. The van der Waals surface area contributed by atoms with E-state index in [0.29, 0.717) is 0 Å². The number of benzene rings is 9. The van der Waals surface area contributed by atoms with Crippen LogP contribution in [0.15, 0.2) is 206 Å². The molecule has 0 aliphatic carbocycles. The van der Waals surface area contributed by atoms with Crippen LogP contribution in [0.25, 0.3) is 109 Å². The molecule has 12 rings (SSSR count). The van der Waals surface area contributed by atoms with Crippen molar-refractivity contribution in [2.75, 3.05) is 0 Å². The van der Waals surface area contributed by atoms with Crippen molar-refractivity contribution in [3.63, 3.8) is 0 Å². The standard InChI is InChI=1S/C54H34N2S/c1-2-12-35(13-3-1)39-32-40(34-42(33-39)55-49-18-8-4-14-43(49)44-15-5-9-19-50(44)55)38-24-22-36(23-25-38)37-26-28-41(29-27-37)56-51-20-10-6-16-45(51)47-30-31-48-46-17-7-11-21-52(46)57-54(48)53(47)56/h1-34H. The van der Waals surface area contributed by atoms with Gasteiger partial charge in [-0.1, -0.05) is 152 Å². The van der Waals surface area contributed by atoms with Gasteiger partial charge in [0.2, 0.25) is 0 Å². The molecule has 0 bridgehead atoms. The molecule has 0 spiro atoms. The van der Waals surface area contributed by atoms with Gasteiger partial charge in [-0.2, -0.15) is 0 Å². The largest absolute Gasteiger partial charge is 0.309 e. The Morgan fingerprint density at radius 2 is 0.737 bits per heavy atom. The predicted molar refractivity (Wildman–Crippen MR) is 244 cm³/mol. The number of hydrogen-bond acceptors (Lipinski definition) is 1. The molecule has 9 aromatic carbocycles. The molecule has 0 aliphatic heterocycles. The van der Waals surface area contributed by atoms with E-state index in [4.69, 9.17) is 0 Å². The second-order valence-electron chi connectivity index (χ2n) is 14.9. The van der Waals surface area contributed by atoms with Crippen molar-refractivity contribution in [1.82, 2.24) is 9.13 Å². The van der Waals surface area contributed by atoms with E-state index in [2.05, 4.69) is 215 Å². The minimum absolute atomic E-state index is 1.15. The minimum Gasteiger partial charge on any atom is -0.309 e. The smallest absolute Gasteiger partial charge is 0.0719 e. The molecule has 0 N–H and O–H groups in total. The number of hydrogen-bond donors (Lipinski definition) is 0. The van der Waals surface area contributed by atoms with Gasteiger partial charge < -0.3 is 9.13 Å². The van der Waals surface area contributed by atoms with Crippen molar-refractivity contribution in [2.45, 2.75) is 0 Å². The maximum Gasteiger partial charge on any atom is 0.0719 e. The Hall–Kier alpha value is -7.20. The van der Waals surface area contributed by atoms with Crippen molar-refractivity contribution in [1.29, 1.82) is 0 Å². The molecule has 0 amide bonds. The second kappa shape index (κ2) is 12.7. The lowest BCUT2D eigenvalue weighted by molar-refractivity contribution is 1.18. The van der Waals surface area contributed by atoms with Crippen LogP contribution in [-0.2, 0) is 0 Å². The summed E-state index contributed by atoms with van der Waals surface area (Å²) in [6.45, 7) is 0. The van der Waals surface area contributed by atoms with E-state index in [-0.39, 0.29) is 0 Å². The molecular weight excluding hydrogens is 709 g/mol. The van der Waals surface area contributed by atoms with Crippen LogP contribution >= 0.6 is 11.3 Å². The quantitative estimate of drug-likeness (QED) is 0.166. The number of rotatable bonds is 5. The molecule has 2 nitrogen and oxygen atoms in total. The van der Waals surface area contributed by atoms with Gasteiger partial charge in [0.15, 0.2) is 0 Å². The third kappa shape index (κ3) is 5.03. The third-order valence-electron chi connectivity index (χ3n) is 11.7. The summed E-state index contributed by atoms with van der Waals surface area (Å²) in [7, 11) is 0. The molecule has 12 aromatic rings. The van der Waals surface area contributed by atoms with Gasteiger partial charge in [-0.05, 0) is 88.0 Å². The Morgan fingerprint density at radius 3 is 1.37 bits per heavy atom. The summed E-state index contributed by atoms with van der Waals surface area (Å²) in [5.74, 6) is 0. The van der Waals surface area contributed by atoms with E-state index in [1.807, 2.05) is 11.3 Å². The Balaban J connectivity index is 0.953. The van der Waals surface area contributed by atoms with Crippen LogP contribution < -0.4 is 0 Å². The summed E-state index contributed by atoms with van der Waals surface area (Å²) in [6, 6.07) is 75.6. The monoisotopic (exact) mass is 742 g/mol. The molecule has 0 fully saturated rings. The van der Waals surface area contributed by atoms with E-state index >= 15 is 0 Å². The summed E-state index contributed by atoms with van der Waals surface area (Å²) in [5.41, 5.74) is 14.4. The highest BCUT2D eigenvalue weighted by Crippen LogP contribution is 2.43. The van der Waals surface area contributed by atoms with Crippen molar-refractivity contribution in [2.24, 2.45) is 0 Å². The van der Waals surface area contributed by atoms with E-state index < -0.39 is 0 Å². The lowest BCUT2D eigenvalue weighted by Gasteiger charge is -2.14. The van der Waals surface area contributed by atoms with Crippen LogP contribution in [0.3, 0.4) is 0 Å². The highest BCUT2D eigenvalue weighted by Gasteiger charge is 2.18. The molecule has 0 atom stereocenters. The van der Waals surface area contributed by atoms with E-state index in [1.54, 1.807) is 0 Å². The van der Waals surface area contributed by atoms with Gasteiger partial charge in [-0.15, -0.1) is 11.3 Å².